The van der Waals surface area contributed by atoms with Gasteiger partial charge in [-0.25, -0.2) is 4.98 Å². The molecular formula is C21H20IN3O2S. The monoisotopic (exact) mass is 505 g/mol. The van der Waals surface area contributed by atoms with Gasteiger partial charge in [0.2, 0.25) is 5.91 Å². The van der Waals surface area contributed by atoms with Crippen LogP contribution >= 0.6 is 34.4 Å². The Bertz CT molecular complexity index is 1110. The number of benzene rings is 2. The minimum Gasteiger partial charge on any atom is -0.325 e. The fourth-order valence-electron chi connectivity index (χ4n) is 2.66. The number of aryl methyl sites for hydroxylation is 1. The lowest BCUT2D eigenvalue weighted by Crippen LogP contribution is -2.24. The van der Waals surface area contributed by atoms with E-state index < -0.39 is 0 Å². The molecule has 1 amide bonds. The molecule has 7 heteroatoms. The van der Waals surface area contributed by atoms with Crippen molar-refractivity contribution >= 4 is 56.9 Å². The molecule has 28 heavy (non-hydrogen) atoms. The van der Waals surface area contributed by atoms with E-state index in [-0.39, 0.29) is 17.2 Å². The van der Waals surface area contributed by atoms with Gasteiger partial charge in [-0.1, -0.05) is 41.6 Å². The van der Waals surface area contributed by atoms with E-state index >= 15 is 0 Å². The highest BCUT2D eigenvalue weighted by atomic mass is 127. The van der Waals surface area contributed by atoms with Gasteiger partial charge in [-0.3, -0.25) is 14.2 Å². The maximum Gasteiger partial charge on any atom is 0.262 e. The van der Waals surface area contributed by atoms with Crippen molar-refractivity contribution in [2.45, 2.75) is 25.5 Å². The number of hydrogen-bond acceptors (Lipinski definition) is 4. The maximum atomic E-state index is 13.0. The molecular weight excluding hydrogens is 485 g/mol. The first-order valence-corrected chi connectivity index (χ1v) is 10.7. The van der Waals surface area contributed by atoms with Crippen LogP contribution in [0.2, 0.25) is 0 Å². The van der Waals surface area contributed by atoms with Gasteiger partial charge in [0, 0.05) is 15.8 Å². The van der Waals surface area contributed by atoms with Crippen LogP contribution < -0.4 is 10.9 Å². The van der Waals surface area contributed by atoms with E-state index in [2.05, 4.69) is 39.5 Å². The number of amides is 1. The zero-order chi connectivity index (χ0) is 20.3. The zero-order valence-electron chi connectivity index (χ0n) is 15.7. The van der Waals surface area contributed by atoms with Gasteiger partial charge in [0.25, 0.3) is 5.56 Å². The summed E-state index contributed by atoms with van der Waals surface area (Å²) in [6.45, 7) is 8.14. The molecule has 0 radical (unpaired) electrons. The normalized spacial score (nSPS) is 10.8. The molecule has 0 unspecified atom stereocenters. The molecule has 1 aromatic heterocycles. The molecule has 0 saturated heterocycles. The predicted octanol–water partition coefficient (Wildman–Crippen LogP) is 4.62. The second kappa shape index (κ2) is 8.91. The summed E-state index contributed by atoms with van der Waals surface area (Å²) in [7, 11) is 0. The third kappa shape index (κ3) is 5.02. The molecule has 144 valence electrons. The van der Waals surface area contributed by atoms with Gasteiger partial charge in [-0.15, -0.1) is 0 Å². The Labute approximate surface area is 181 Å². The van der Waals surface area contributed by atoms with Crippen molar-refractivity contribution in [3.05, 3.63) is 74.1 Å². The standard InChI is InChI=1S/C21H20IN3O2S/c1-13(2)11-25-20(27)17-10-15(22)6-9-18(17)24-21(25)28-12-19(26)23-16-7-4-14(3)5-8-16/h4-10H,1,11-12H2,2-3H3,(H,23,26). The SMILES string of the molecule is C=C(C)Cn1c(SCC(=O)Nc2ccc(C)cc2)nc2ccc(I)cc2c1=O. The van der Waals surface area contributed by atoms with Crippen LogP contribution in [-0.4, -0.2) is 21.2 Å². The van der Waals surface area contributed by atoms with Gasteiger partial charge >= 0.3 is 0 Å². The Morgan fingerprint density at radius 3 is 2.64 bits per heavy atom. The number of nitrogens with zero attached hydrogens (tertiary/aromatic N) is 2. The van der Waals surface area contributed by atoms with Crippen LogP contribution in [0.1, 0.15) is 12.5 Å². The minimum absolute atomic E-state index is 0.118. The molecule has 0 aliphatic carbocycles. The van der Waals surface area contributed by atoms with Crippen LogP contribution in [0.15, 0.2) is 64.6 Å². The van der Waals surface area contributed by atoms with Crippen LogP contribution in [-0.2, 0) is 11.3 Å². The zero-order valence-corrected chi connectivity index (χ0v) is 18.6. The number of fused-ring (bicyclic) bond motifs is 1. The molecule has 5 nitrogen and oxygen atoms in total. The number of hydrogen-bond donors (Lipinski definition) is 1. The number of halogens is 1. The van der Waals surface area contributed by atoms with Gasteiger partial charge in [0.1, 0.15) is 0 Å². The first kappa shape index (κ1) is 20.6. The van der Waals surface area contributed by atoms with Crippen molar-refractivity contribution in [2.24, 2.45) is 0 Å². The van der Waals surface area contributed by atoms with Gasteiger partial charge < -0.3 is 5.32 Å². The minimum atomic E-state index is -0.146. The van der Waals surface area contributed by atoms with Crippen molar-refractivity contribution in [1.29, 1.82) is 0 Å². The maximum absolute atomic E-state index is 13.0. The number of anilines is 1. The van der Waals surface area contributed by atoms with Crippen LogP contribution in [0.25, 0.3) is 10.9 Å². The van der Waals surface area contributed by atoms with Crippen LogP contribution in [0.4, 0.5) is 5.69 Å². The highest BCUT2D eigenvalue weighted by Crippen LogP contribution is 2.20. The van der Waals surface area contributed by atoms with E-state index in [0.717, 1.165) is 20.4 Å². The van der Waals surface area contributed by atoms with Crippen LogP contribution in [0.3, 0.4) is 0 Å². The number of aromatic nitrogens is 2. The Hall–Kier alpha value is -2.13. The average Bonchev–Trinajstić information content (AvgIpc) is 2.65. The van der Waals surface area contributed by atoms with E-state index in [1.54, 1.807) is 4.57 Å². The number of carbonyl (C=O) groups is 1. The average molecular weight is 505 g/mol. The second-order valence-electron chi connectivity index (χ2n) is 6.61. The van der Waals surface area contributed by atoms with Gasteiger partial charge in [-0.05, 0) is 66.8 Å². The quantitative estimate of drug-likeness (QED) is 0.230. The fraction of sp³-hybridized carbons (Fsp3) is 0.190. The number of allylic oxidation sites excluding steroid dienone is 1. The van der Waals surface area contributed by atoms with E-state index in [9.17, 15) is 9.59 Å². The number of nitrogens with one attached hydrogen (secondary N) is 1. The molecule has 0 aliphatic rings. The molecule has 3 aromatic rings. The second-order valence-corrected chi connectivity index (χ2v) is 8.80. The summed E-state index contributed by atoms with van der Waals surface area (Å²) in [5.41, 5.74) is 3.24. The van der Waals surface area contributed by atoms with Crippen molar-refractivity contribution < 1.29 is 4.79 Å². The Balaban J connectivity index is 1.85. The summed E-state index contributed by atoms with van der Waals surface area (Å²) < 4.78 is 2.56. The third-order valence-corrected chi connectivity index (χ3v) is 5.62. The fourth-order valence-corrected chi connectivity index (χ4v) is 3.95. The molecule has 0 spiro atoms. The molecule has 0 fully saturated rings. The lowest BCUT2D eigenvalue weighted by atomic mass is 10.2. The van der Waals surface area contributed by atoms with Gasteiger partial charge in [0.05, 0.1) is 16.7 Å². The summed E-state index contributed by atoms with van der Waals surface area (Å²) in [4.78, 5) is 29.9. The molecule has 0 aliphatic heterocycles. The Morgan fingerprint density at radius 1 is 1.25 bits per heavy atom. The highest BCUT2D eigenvalue weighted by Gasteiger charge is 2.14. The lowest BCUT2D eigenvalue weighted by Gasteiger charge is -2.13. The van der Waals surface area contributed by atoms with E-state index in [0.29, 0.717) is 22.6 Å². The summed E-state index contributed by atoms with van der Waals surface area (Å²) in [5.74, 6) is 0.0134. The largest absolute Gasteiger partial charge is 0.325 e. The van der Waals surface area contributed by atoms with E-state index in [1.807, 2.05) is 56.3 Å². The molecule has 1 heterocycles. The Kier molecular flexibility index (Phi) is 6.56. The number of thioether (sulfide) groups is 1. The molecule has 3 rings (SSSR count). The Morgan fingerprint density at radius 2 is 1.96 bits per heavy atom. The van der Waals surface area contributed by atoms with Crippen molar-refractivity contribution in [2.75, 3.05) is 11.1 Å². The van der Waals surface area contributed by atoms with Gasteiger partial charge in [0.15, 0.2) is 5.16 Å². The third-order valence-electron chi connectivity index (χ3n) is 3.98. The predicted molar refractivity (Wildman–Crippen MR) is 124 cm³/mol. The topological polar surface area (TPSA) is 64.0 Å². The van der Waals surface area contributed by atoms with E-state index in [1.165, 1.54) is 11.8 Å². The van der Waals surface area contributed by atoms with Gasteiger partial charge in [-0.2, -0.15) is 0 Å². The summed E-state index contributed by atoms with van der Waals surface area (Å²) >= 11 is 3.43. The summed E-state index contributed by atoms with van der Waals surface area (Å²) in [6, 6.07) is 13.2. The molecule has 0 atom stereocenters. The summed E-state index contributed by atoms with van der Waals surface area (Å²) in [5, 5.41) is 3.95. The molecule has 0 saturated carbocycles. The van der Waals surface area contributed by atoms with Crippen LogP contribution in [0.5, 0.6) is 0 Å². The van der Waals surface area contributed by atoms with Crippen molar-refractivity contribution in [3.8, 4) is 0 Å². The molecule has 0 bridgehead atoms. The molecule has 1 N–H and O–H groups in total. The van der Waals surface area contributed by atoms with Crippen LogP contribution in [0, 0.1) is 10.5 Å². The smallest absolute Gasteiger partial charge is 0.262 e. The van der Waals surface area contributed by atoms with Crippen molar-refractivity contribution in [3.63, 3.8) is 0 Å². The number of rotatable bonds is 6. The van der Waals surface area contributed by atoms with Crippen molar-refractivity contribution in [1.82, 2.24) is 9.55 Å². The summed E-state index contributed by atoms with van der Waals surface area (Å²) in [6.07, 6.45) is 0. The lowest BCUT2D eigenvalue weighted by molar-refractivity contribution is -0.113. The van der Waals surface area contributed by atoms with E-state index in [4.69, 9.17) is 0 Å². The first-order valence-electron chi connectivity index (χ1n) is 8.67. The number of carbonyl (C=O) groups excluding carboxylic acids is 1. The highest BCUT2D eigenvalue weighted by molar-refractivity contribution is 14.1. The molecule has 2 aromatic carbocycles. The first-order chi connectivity index (χ1) is 13.3.